The van der Waals surface area contributed by atoms with Gasteiger partial charge < -0.3 is 0 Å². The fourth-order valence-electron chi connectivity index (χ4n) is 2.75. The van der Waals surface area contributed by atoms with E-state index in [1.54, 1.807) is 0 Å². The minimum absolute atomic E-state index is 0.228. The number of allylic oxidation sites excluding steroid dienone is 1. The number of carbonyl (C=O) groups is 1. The van der Waals surface area contributed by atoms with Crippen LogP contribution in [0.3, 0.4) is 0 Å². The Morgan fingerprint density at radius 1 is 1.42 bits per heavy atom. The number of amides is 1. The molecular weight excluding hydrogens is 419 g/mol. The molecule has 0 atom stereocenters. The Balaban J connectivity index is 2.22. The normalized spacial score (nSPS) is 15.8. The second kappa shape index (κ2) is 13.6. The van der Waals surface area contributed by atoms with Gasteiger partial charge in [0.1, 0.15) is 0 Å². The van der Waals surface area contributed by atoms with E-state index in [1.165, 1.54) is 16.5 Å². The van der Waals surface area contributed by atoms with Crippen molar-refractivity contribution in [2.24, 2.45) is 5.18 Å². The molecule has 1 saturated heterocycles. The van der Waals surface area contributed by atoms with Crippen molar-refractivity contribution in [2.45, 2.75) is 39.5 Å². The van der Waals surface area contributed by atoms with Gasteiger partial charge in [0.25, 0.3) is 0 Å². The molecule has 0 bridgehead atoms. The van der Waals surface area contributed by atoms with Crippen molar-refractivity contribution >= 4 is 5.91 Å². The molecule has 1 rings (SSSR count). The van der Waals surface area contributed by atoms with Crippen molar-refractivity contribution in [1.29, 1.82) is 0 Å². The summed E-state index contributed by atoms with van der Waals surface area (Å²) in [5.74, 6) is 0.261. The Morgan fingerprint density at radius 2 is 2.25 bits per heavy atom. The molecule has 0 aliphatic carbocycles. The number of rotatable bonds is 12. The molecule has 1 aliphatic heterocycles. The van der Waals surface area contributed by atoms with Crippen molar-refractivity contribution in [2.75, 3.05) is 48.2 Å². The first-order valence-electron chi connectivity index (χ1n) is 8.97. The van der Waals surface area contributed by atoms with E-state index in [0.29, 0.717) is 19.5 Å². The Morgan fingerprint density at radius 3 is 2.88 bits per heavy atom. The van der Waals surface area contributed by atoms with Crippen molar-refractivity contribution < 1.29 is 26.0 Å². The van der Waals surface area contributed by atoms with Gasteiger partial charge in [-0.05, 0) is 0 Å². The third-order valence-electron chi connectivity index (χ3n) is 4.09. The number of alkyl halides is 2. The molecule has 1 heterocycles. The predicted molar refractivity (Wildman–Crippen MR) is 94.5 cm³/mol. The van der Waals surface area contributed by atoms with E-state index in [4.69, 9.17) is 0 Å². The summed E-state index contributed by atoms with van der Waals surface area (Å²) in [5.41, 5.74) is 1.29. The molecule has 0 spiro atoms. The van der Waals surface area contributed by atoms with E-state index in [1.807, 2.05) is 4.90 Å². The van der Waals surface area contributed by atoms with Gasteiger partial charge in [0.2, 0.25) is 0 Å². The number of hydrogen-bond acceptors (Lipinski definition) is 5. The molecule has 0 unspecified atom stereocenters. The SMILES string of the molecule is CC/C(=C\CCN=O)N(CC)CCCNCC(=O)N1CCC[I-]C1. The fourth-order valence-corrected chi connectivity index (χ4v) is 5.27. The summed E-state index contributed by atoms with van der Waals surface area (Å²) in [4.78, 5) is 26.7. The standard InChI is InChI=1S/C17H32IN4O2/c1-3-16(8-5-11-20-24)21(4-2)13-7-10-19-14-17(23)22-12-6-9-18-15-22/h8,19H,3-7,9-15H2,1-2H3/q-1/b16-8+. The van der Waals surface area contributed by atoms with Crippen LogP contribution in [0.25, 0.3) is 0 Å². The molecule has 1 amide bonds. The number of nitrogens with one attached hydrogen (secondary N) is 1. The van der Waals surface area contributed by atoms with Crippen LogP contribution in [0.4, 0.5) is 0 Å². The molecule has 0 aromatic carbocycles. The van der Waals surface area contributed by atoms with E-state index in [9.17, 15) is 9.70 Å². The molecule has 1 fully saturated rings. The van der Waals surface area contributed by atoms with Crippen LogP contribution in [-0.4, -0.2) is 64.0 Å². The number of hydrogen-bond donors (Lipinski definition) is 1. The first-order valence-corrected chi connectivity index (χ1v) is 12.0. The summed E-state index contributed by atoms with van der Waals surface area (Å²) < 4.78 is 2.39. The van der Waals surface area contributed by atoms with E-state index in [2.05, 4.69) is 35.3 Å². The van der Waals surface area contributed by atoms with Crippen molar-refractivity contribution in [3.63, 3.8) is 0 Å². The van der Waals surface area contributed by atoms with E-state index in [0.717, 1.165) is 43.6 Å². The second-order valence-corrected chi connectivity index (χ2v) is 8.65. The summed E-state index contributed by atoms with van der Waals surface area (Å²) in [7, 11) is 0. The summed E-state index contributed by atoms with van der Waals surface area (Å²) >= 11 is 0.228. The molecule has 0 radical (unpaired) electrons. The van der Waals surface area contributed by atoms with Crippen LogP contribution in [0.5, 0.6) is 0 Å². The fraction of sp³-hybridized carbons (Fsp3) is 0.824. The van der Waals surface area contributed by atoms with Gasteiger partial charge in [0.15, 0.2) is 0 Å². The van der Waals surface area contributed by atoms with Crippen LogP contribution in [0.15, 0.2) is 16.9 Å². The van der Waals surface area contributed by atoms with Gasteiger partial charge in [-0.1, -0.05) is 5.18 Å². The quantitative estimate of drug-likeness (QED) is 0.136. The topological polar surface area (TPSA) is 65.0 Å². The van der Waals surface area contributed by atoms with Gasteiger partial charge >= 0.3 is 140 Å². The first kappa shape index (κ1) is 21.3. The monoisotopic (exact) mass is 451 g/mol. The number of halogens is 1. The zero-order valence-electron chi connectivity index (χ0n) is 15.1. The van der Waals surface area contributed by atoms with Crippen LogP contribution in [0, 0.1) is 4.91 Å². The molecule has 24 heavy (non-hydrogen) atoms. The average molecular weight is 451 g/mol. The van der Waals surface area contributed by atoms with E-state index < -0.39 is 0 Å². The molecule has 1 N–H and O–H groups in total. The Labute approximate surface area is 156 Å². The zero-order valence-corrected chi connectivity index (χ0v) is 17.3. The molecular formula is C17H32IN4O2-. The number of nitrogens with zero attached hydrogens (tertiary/aromatic N) is 3. The van der Waals surface area contributed by atoms with Gasteiger partial charge in [-0.3, -0.25) is 0 Å². The summed E-state index contributed by atoms with van der Waals surface area (Å²) in [6, 6.07) is 0. The maximum atomic E-state index is 12.1. The van der Waals surface area contributed by atoms with Crippen LogP contribution < -0.4 is 26.5 Å². The Hall–Kier alpha value is -0.700. The molecule has 140 valence electrons. The first-order chi connectivity index (χ1) is 11.7. The maximum absolute atomic E-state index is 12.1. The molecule has 6 nitrogen and oxygen atoms in total. The van der Waals surface area contributed by atoms with Gasteiger partial charge in [-0.25, -0.2) is 0 Å². The molecule has 1 aliphatic rings. The van der Waals surface area contributed by atoms with Crippen molar-refractivity contribution in [3.05, 3.63) is 16.7 Å². The number of carbonyl (C=O) groups excluding carboxylic acids is 1. The van der Waals surface area contributed by atoms with E-state index in [-0.39, 0.29) is 27.1 Å². The summed E-state index contributed by atoms with van der Waals surface area (Å²) in [6.45, 7) is 8.85. The van der Waals surface area contributed by atoms with Gasteiger partial charge in [-0.15, -0.1) is 0 Å². The van der Waals surface area contributed by atoms with Crippen LogP contribution in [0.1, 0.15) is 39.5 Å². The Kier molecular flexibility index (Phi) is 12.1. The summed E-state index contributed by atoms with van der Waals surface area (Å²) in [6.07, 6.45) is 6.01. The van der Waals surface area contributed by atoms with Gasteiger partial charge in [-0.2, -0.15) is 4.91 Å². The summed E-state index contributed by atoms with van der Waals surface area (Å²) in [5, 5.41) is 6.20. The number of nitroso groups, excluding NO2 is 1. The van der Waals surface area contributed by atoms with Crippen molar-refractivity contribution in [3.8, 4) is 0 Å². The van der Waals surface area contributed by atoms with E-state index >= 15 is 0 Å². The van der Waals surface area contributed by atoms with Crippen molar-refractivity contribution in [1.82, 2.24) is 15.1 Å². The zero-order chi connectivity index (χ0) is 17.6. The molecule has 0 saturated carbocycles. The molecule has 7 heteroatoms. The van der Waals surface area contributed by atoms with Crippen LogP contribution >= 0.6 is 0 Å². The third-order valence-corrected chi connectivity index (χ3v) is 6.92. The average Bonchev–Trinajstić information content (AvgIpc) is 2.63. The van der Waals surface area contributed by atoms with Gasteiger partial charge in [0.05, 0.1) is 6.54 Å². The van der Waals surface area contributed by atoms with Gasteiger partial charge in [0, 0.05) is 0 Å². The Bertz CT molecular complexity index is 398. The molecule has 0 aromatic rings. The second-order valence-electron chi connectivity index (χ2n) is 5.81. The van der Waals surface area contributed by atoms with Crippen LogP contribution in [-0.2, 0) is 4.79 Å². The predicted octanol–water partition coefficient (Wildman–Crippen LogP) is -0.983. The minimum atomic E-state index is 0.228. The van der Waals surface area contributed by atoms with Crippen LogP contribution in [0.2, 0.25) is 0 Å². The molecule has 0 aromatic heterocycles. The third kappa shape index (κ3) is 8.41.